The van der Waals surface area contributed by atoms with Crippen LogP contribution >= 0.6 is 11.6 Å². The third-order valence-corrected chi connectivity index (χ3v) is 2.35. The van der Waals surface area contributed by atoms with Crippen molar-refractivity contribution in [2.24, 2.45) is 0 Å². The van der Waals surface area contributed by atoms with E-state index in [1.54, 1.807) is 6.08 Å². The van der Waals surface area contributed by atoms with Gasteiger partial charge in [0, 0.05) is 6.42 Å². The average molecular weight is 213 g/mol. The molecule has 0 fully saturated rings. The van der Waals surface area contributed by atoms with Gasteiger partial charge in [-0.3, -0.25) is 4.79 Å². The molecule has 0 bridgehead atoms. The van der Waals surface area contributed by atoms with Gasteiger partial charge in [0.15, 0.2) is 0 Å². The van der Waals surface area contributed by atoms with E-state index in [1.165, 1.54) is 12.1 Å². The standard InChI is InChI=1S/C10H6ClFO2/c11-9-3-6-1-8(14-5-13)2-7(6)4-10(9)12/h1,3-5H,2H2. The third kappa shape index (κ3) is 1.51. The number of halogens is 2. The molecule has 0 saturated heterocycles. The van der Waals surface area contributed by atoms with Crippen LogP contribution < -0.4 is 0 Å². The van der Waals surface area contributed by atoms with Crippen molar-refractivity contribution in [3.8, 4) is 0 Å². The Bertz CT molecular complexity index is 426. The van der Waals surface area contributed by atoms with Crippen LogP contribution in [0.15, 0.2) is 17.9 Å². The van der Waals surface area contributed by atoms with Crippen molar-refractivity contribution < 1.29 is 13.9 Å². The van der Waals surface area contributed by atoms with Crippen LogP contribution in [0.4, 0.5) is 4.39 Å². The molecule has 1 aliphatic rings. The van der Waals surface area contributed by atoms with Gasteiger partial charge < -0.3 is 4.74 Å². The smallest absolute Gasteiger partial charge is 0.298 e. The van der Waals surface area contributed by atoms with E-state index in [-0.39, 0.29) is 5.02 Å². The first-order valence-corrected chi connectivity index (χ1v) is 4.37. The number of fused-ring (bicyclic) bond motifs is 1. The Hall–Kier alpha value is -1.35. The van der Waals surface area contributed by atoms with E-state index in [2.05, 4.69) is 4.74 Å². The van der Waals surface area contributed by atoms with Crippen LogP contribution in [0.1, 0.15) is 11.1 Å². The van der Waals surface area contributed by atoms with Gasteiger partial charge in [-0.25, -0.2) is 4.39 Å². The first kappa shape index (κ1) is 9.21. The molecule has 0 heterocycles. The molecular formula is C10H6ClFO2. The number of rotatable bonds is 2. The maximum absolute atomic E-state index is 13.0. The lowest BCUT2D eigenvalue weighted by Gasteiger charge is -1.99. The highest BCUT2D eigenvalue weighted by Crippen LogP contribution is 2.29. The summed E-state index contributed by atoms with van der Waals surface area (Å²) in [5, 5.41) is 0.0763. The van der Waals surface area contributed by atoms with Crippen molar-refractivity contribution in [3.05, 3.63) is 39.9 Å². The predicted octanol–water partition coefficient (Wildman–Crippen LogP) is 2.55. The van der Waals surface area contributed by atoms with Crippen molar-refractivity contribution >= 4 is 24.1 Å². The van der Waals surface area contributed by atoms with Crippen molar-refractivity contribution in [3.63, 3.8) is 0 Å². The highest BCUT2D eigenvalue weighted by molar-refractivity contribution is 6.30. The Morgan fingerprint density at radius 2 is 2.29 bits per heavy atom. The van der Waals surface area contributed by atoms with Crippen molar-refractivity contribution in [1.82, 2.24) is 0 Å². The molecule has 14 heavy (non-hydrogen) atoms. The molecule has 0 aromatic heterocycles. The summed E-state index contributed by atoms with van der Waals surface area (Å²) in [5.41, 5.74) is 1.58. The molecule has 0 saturated carbocycles. The summed E-state index contributed by atoms with van der Waals surface area (Å²) in [5.74, 6) is 0.0582. The van der Waals surface area contributed by atoms with Gasteiger partial charge in [0.05, 0.1) is 5.02 Å². The Kier molecular flexibility index (Phi) is 2.25. The van der Waals surface area contributed by atoms with E-state index in [0.29, 0.717) is 18.7 Å². The van der Waals surface area contributed by atoms with E-state index in [4.69, 9.17) is 11.6 Å². The number of carbonyl (C=O) groups is 1. The average Bonchev–Trinajstić information content (AvgIpc) is 2.48. The van der Waals surface area contributed by atoms with Gasteiger partial charge in [-0.05, 0) is 29.3 Å². The minimum absolute atomic E-state index is 0.0763. The largest absolute Gasteiger partial charge is 0.433 e. The summed E-state index contributed by atoms with van der Waals surface area (Å²) in [7, 11) is 0. The van der Waals surface area contributed by atoms with Crippen LogP contribution in [0.5, 0.6) is 0 Å². The van der Waals surface area contributed by atoms with Crippen LogP contribution in [0.25, 0.3) is 6.08 Å². The van der Waals surface area contributed by atoms with Crippen LogP contribution in [-0.4, -0.2) is 6.47 Å². The van der Waals surface area contributed by atoms with Gasteiger partial charge in [0.2, 0.25) is 0 Å². The fourth-order valence-electron chi connectivity index (χ4n) is 1.44. The quantitative estimate of drug-likeness (QED) is 0.705. The van der Waals surface area contributed by atoms with Crippen LogP contribution in [0, 0.1) is 5.82 Å². The fourth-order valence-corrected chi connectivity index (χ4v) is 1.61. The molecule has 1 aromatic carbocycles. The Balaban J connectivity index is 2.37. The third-order valence-electron chi connectivity index (χ3n) is 2.06. The summed E-state index contributed by atoms with van der Waals surface area (Å²) in [6.07, 6.45) is 2.11. The van der Waals surface area contributed by atoms with Crippen molar-refractivity contribution in [2.75, 3.05) is 0 Å². The first-order valence-electron chi connectivity index (χ1n) is 3.99. The van der Waals surface area contributed by atoms with Gasteiger partial charge in [0.25, 0.3) is 6.47 Å². The number of allylic oxidation sites excluding steroid dienone is 1. The lowest BCUT2D eigenvalue weighted by atomic mass is 10.1. The van der Waals surface area contributed by atoms with Crippen LogP contribution in [-0.2, 0) is 16.0 Å². The van der Waals surface area contributed by atoms with E-state index in [9.17, 15) is 9.18 Å². The summed E-state index contributed by atoms with van der Waals surface area (Å²) in [6.45, 7) is 0.357. The van der Waals surface area contributed by atoms with E-state index < -0.39 is 5.82 Å². The summed E-state index contributed by atoms with van der Waals surface area (Å²) >= 11 is 5.60. The molecule has 0 atom stereocenters. The Labute approximate surface area is 84.9 Å². The number of ether oxygens (including phenoxy) is 1. The molecule has 0 aliphatic heterocycles. The van der Waals surface area contributed by atoms with E-state index in [1.807, 2.05) is 0 Å². The lowest BCUT2D eigenvalue weighted by Crippen LogP contribution is -1.90. The van der Waals surface area contributed by atoms with Gasteiger partial charge in [0.1, 0.15) is 11.6 Å². The summed E-state index contributed by atoms with van der Waals surface area (Å²) < 4.78 is 17.7. The van der Waals surface area contributed by atoms with Crippen molar-refractivity contribution in [2.45, 2.75) is 6.42 Å². The molecule has 4 heteroatoms. The van der Waals surface area contributed by atoms with Crippen molar-refractivity contribution in [1.29, 1.82) is 0 Å². The molecule has 2 nitrogen and oxygen atoms in total. The molecule has 1 aliphatic carbocycles. The second-order valence-corrected chi connectivity index (χ2v) is 3.37. The second-order valence-electron chi connectivity index (χ2n) is 2.97. The first-order chi connectivity index (χ1) is 6.70. The van der Waals surface area contributed by atoms with E-state index in [0.717, 1.165) is 11.1 Å². The lowest BCUT2D eigenvalue weighted by molar-refractivity contribution is -0.125. The minimum atomic E-state index is -0.453. The number of hydrogen-bond acceptors (Lipinski definition) is 2. The predicted molar refractivity (Wildman–Crippen MR) is 50.2 cm³/mol. The Morgan fingerprint density at radius 3 is 3.00 bits per heavy atom. The summed E-state index contributed by atoms with van der Waals surface area (Å²) in [4.78, 5) is 10.1. The SMILES string of the molecule is O=COC1=Cc2cc(Cl)c(F)cc2C1. The molecule has 0 N–H and O–H groups in total. The zero-order valence-corrected chi connectivity index (χ0v) is 7.84. The molecule has 1 aromatic rings. The maximum Gasteiger partial charge on any atom is 0.298 e. The highest BCUT2D eigenvalue weighted by atomic mass is 35.5. The maximum atomic E-state index is 13.0. The molecule has 0 amide bonds. The fraction of sp³-hybridized carbons (Fsp3) is 0.100. The Morgan fingerprint density at radius 1 is 1.50 bits per heavy atom. The highest BCUT2D eigenvalue weighted by Gasteiger charge is 2.16. The second kappa shape index (κ2) is 3.42. The molecule has 0 unspecified atom stereocenters. The monoisotopic (exact) mass is 212 g/mol. The topological polar surface area (TPSA) is 26.3 Å². The van der Waals surface area contributed by atoms with Gasteiger partial charge in [-0.15, -0.1) is 0 Å². The summed E-state index contributed by atoms with van der Waals surface area (Å²) in [6, 6.07) is 2.88. The molecule has 2 rings (SSSR count). The van der Waals surface area contributed by atoms with Crippen LogP contribution in [0.3, 0.4) is 0 Å². The van der Waals surface area contributed by atoms with Gasteiger partial charge in [-0.2, -0.15) is 0 Å². The molecule has 0 radical (unpaired) electrons. The van der Waals surface area contributed by atoms with E-state index >= 15 is 0 Å². The zero-order chi connectivity index (χ0) is 10.1. The van der Waals surface area contributed by atoms with Gasteiger partial charge >= 0.3 is 0 Å². The van der Waals surface area contributed by atoms with Crippen LogP contribution in [0.2, 0.25) is 5.02 Å². The minimum Gasteiger partial charge on any atom is -0.433 e. The van der Waals surface area contributed by atoms with Gasteiger partial charge in [-0.1, -0.05) is 11.6 Å². The molecule has 72 valence electrons. The number of benzene rings is 1. The number of hydrogen-bond donors (Lipinski definition) is 0. The number of carbonyl (C=O) groups excluding carboxylic acids is 1. The zero-order valence-electron chi connectivity index (χ0n) is 7.09. The normalized spacial score (nSPS) is 13.4. The molecule has 0 spiro atoms. The molecular weight excluding hydrogens is 207 g/mol.